The first-order chi connectivity index (χ1) is 13.3. The van der Waals surface area contributed by atoms with E-state index in [1.165, 1.54) is 16.4 Å². The maximum atomic E-state index is 14.0. The first-order valence-electron chi connectivity index (χ1n) is 9.97. The van der Waals surface area contributed by atoms with Gasteiger partial charge in [0.25, 0.3) is 0 Å². The highest BCUT2D eigenvalue weighted by Gasteiger charge is 2.34. The Morgan fingerprint density at radius 1 is 1.07 bits per heavy atom. The molecule has 1 aromatic carbocycles. The molecule has 0 aromatic heterocycles. The molecule has 0 aliphatic carbocycles. The Hall–Kier alpha value is -1.71. The molecule has 1 saturated heterocycles. The Balaban J connectivity index is 2.25. The number of nitrogens with one attached hydrogen (secondary N) is 2. The largest absolute Gasteiger partial charge is 0.333 e. The number of anilines is 1. The topological polar surface area (TPSA) is 81.8 Å². The SMILES string of the molecule is CC(C)c1cc(F)cc(C(C)C)c1NC(=O)NS(=O)(=O)N1CC(C)N(C)C(C)C1. The van der Waals surface area contributed by atoms with Gasteiger partial charge >= 0.3 is 16.2 Å². The summed E-state index contributed by atoms with van der Waals surface area (Å²) in [6.07, 6.45) is 0. The number of likely N-dealkylation sites (N-methyl/N-ethyl adjacent to an activating group) is 1. The van der Waals surface area contributed by atoms with Crippen molar-refractivity contribution in [1.82, 2.24) is 13.9 Å². The van der Waals surface area contributed by atoms with Crippen LogP contribution in [0.25, 0.3) is 0 Å². The van der Waals surface area contributed by atoms with Crippen LogP contribution in [0.1, 0.15) is 64.5 Å². The summed E-state index contributed by atoms with van der Waals surface area (Å²) in [6, 6.07) is 1.99. The lowest BCUT2D eigenvalue weighted by atomic mass is 9.92. The Bertz CT molecular complexity index is 816. The average Bonchev–Trinajstić information content (AvgIpc) is 2.59. The van der Waals surface area contributed by atoms with E-state index in [2.05, 4.69) is 14.9 Å². The molecule has 2 N–H and O–H groups in total. The van der Waals surface area contributed by atoms with E-state index < -0.39 is 16.2 Å². The summed E-state index contributed by atoms with van der Waals surface area (Å²) < 4.78 is 43.0. The highest BCUT2D eigenvalue weighted by molar-refractivity contribution is 7.87. The van der Waals surface area contributed by atoms with Gasteiger partial charge in [0.2, 0.25) is 0 Å². The molecule has 0 bridgehead atoms. The molecule has 2 unspecified atom stereocenters. The lowest BCUT2D eigenvalue weighted by Crippen LogP contribution is -2.59. The maximum absolute atomic E-state index is 14.0. The summed E-state index contributed by atoms with van der Waals surface area (Å²) in [4.78, 5) is 14.7. The van der Waals surface area contributed by atoms with Crippen molar-refractivity contribution in [2.75, 3.05) is 25.5 Å². The van der Waals surface area contributed by atoms with Crippen molar-refractivity contribution in [2.24, 2.45) is 0 Å². The van der Waals surface area contributed by atoms with E-state index in [1.807, 2.05) is 48.6 Å². The normalized spacial score (nSPS) is 21.6. The number of carbonyl (C=O) groups excluding carboxylic acids is 1. The van der Waals surface area contributed by atoms with E-state index in [4.69, 9.17) is 0 Å². The number of benzene rings is 1. The molecule has 1 fully saturated rings. The van der Waals surface area contributed by atoms with Gasteiger partial charge < -0.3 is 5.32 Å². The van der Waals surface area contributed by atoms with Crippen LogP contribution in [-0.4, -0.2) is 55.9 Å². The van der Waals surface area contributed by atoms with Crippen molar-refractivity contribution in [3.8, 4) is 0 Å². The fraction of sp³-hybridized carbons (Fsp3) is 0.650. The minimum absolute atomic E-state index is 0.0376. The number of carbonyl (C=O) groups is 1. The lowest BCUT2D eigenvalue weighted by Gasteiger charge is -2.41. The molecule has 1 heterocycles. The number of rotatable bonds is 5. The van der Waals surface area contributed by atoms with Crippen LogP contribution in [0.5, 0.6) is 0 Å². The fourth-order valence-electron chi connectivity index (χ4n) is 3.58. The second-order valence-electron chi connectivity index (χ2n) is 8.51. The number of nitrogens with zero attached hydrogens (tertiary/aromatic N) is 2. The molecule has 1 aliphatic rings. The molecule has 0 saturated carbocycles. The van der Waals surface area contributed by atoms with Crippen molar-refractivity contribution < 1.29 is 17.6 Å². The van der Waals surface area contributed by atoms with Crippen molar-refractivity contribution in [2.45, 2.75) is 65.5 Å². The molecule has 2 rings (SSSR count). The van der Waals surface area contributed by atoms with Crippen LogP contribution in [0.3, 0.4) is 0 Å². The molecule has 2 atom stereocenters. The van der Waals surface area contributed by atoms with Gasteiger partial charge in [-0.3, -0.25) is 4.90 Å². The Labute approximate surface area is 173 Å². The number of urea groups is 1. The van der Waals surface area contributed by atoms with Crippen LogP contribution in [0.4, 0.5) is 14.9 Å². The molecule has 164 valence electrons. The van der Waals surface area contributed by atoms with E-state index >= 15 is 0 Å². The molecule has 7 nitrogen and oxygen atoms in total. The predicted molar refractivity (Wildman–Crippen MR) is 114 cm³/mol. The number of hydrogen-bond donors (Lipinski definition) is 2. The number of piperazine rings is 1. The van der Waals surface area contributed by atoms with Gasteiger partial charge in [0, 0.05) is 30.9 Å². The molecule has 29 heavy (non-hydrogen) atoms. The summed E-state index contributed by atoms with van der Waals surface area (Å²) in [5.74, 6) is -0.472. The summed E-state index contributed by atoms with van der Waals surface area (Å²) >= 11 is 0. The van der Waals surface area contributed by atoms with Crippen molar-refractivity contribution in [3.63, 3.8) is 0 Å². The zero-order valence-corrected chi connectivity index (χ0v) is 19.1. The second-order valence-corrected chi connectivity index (χ2v) is 10.2. The van der Waals surface area contributed by atoms with Crippen molar-refractivity contribution >= 4 is 21.9 Å². The molecule has 1 aliphatic heterocycles. The number of hydrogen-bond acceptors (Lipinski definition) is 4. The fourth-order valence-corrected chi connectivity index (χ4v) is 4.82. The van der Waals surface area contributed by atoms with Gasteiger partial charge in [-0.15, -0.1) is 0 Å². The third kappa shape index (κ3) is 5.46. The van der Waals surface area contributed by atoms with Gasteiger partial charge in [-0.2, -0.15) is 12.7 Å². The summed E-state index contributed by atoms with van der Waals surface area (Å²) in [5.41, 5.74) is 1.72. The van der Waals surface area contributed by atoms with Crippen LogP contribution in [0.2, 0.25) is 0 Å². The van der Waals surface area contributed by atoms with Crippen molar-refractivity contribution in [3.05, 3.63) is 29.1 Å². The molecule has 9 heteroatoms. The molecule has 0 radical (unpaired) electrons. The van der Waals surface area contributed by atoms with Gasteiger partial charge in [-0.05, 0) is 56.0 Å². The van der Waals surface area contributed by atoms with Crippen molar-refractivity contribution in [1.29, 1.82) is 0 Å². The maximum Gasteiger partial charge on any atom is 0.333 e. The van der Waals surface area contributed by atoms with Gasteiger partial charge in [0.1, 0.15) is 5.82 Å². The number of halogens is 1. The van der Waals surface area contributed by atoms with E-state index in [9.17, 15) is 17.6 Å². The average molecular weight is 429 g/mol. The summed E-state index contributed by atoms with van der Waals surface area (Å²) in [7, 11) is -2.04. The van der Waals surface area contributed by atoms with E-state index in [0.29, 0.717) is 29.9 Å². The Kier molecular flexibility index (Phi) is 7.29. The van der Waals surface area contributed by atoms with Crippen LogP contribution in [0, 0.1) is 5.82 Å². The monoisotopic (exact) mass is 428 g/mol. The predicted octanol–water partition coefficient (Wildman–Crippen LogP) is 3.46. The zero-order chi connectivity index (χ0) is 22.1. The zero-order valence-electron chi connectivity index (χ0n) is 18.3. The first kappa shape index (κ1) is 23.6. The van der Waals surface area contributed by atoms with Gasteiger partial charge in [-0.25, -0.2) is 13.9 Å². The highest BCUT2D eigenvalue weighted by Crippen LogP contribution is 2.33. The minimum atomic E-state index is -4.00. The quantitative estimate of drug-likeness (QED) is 0.753. The Morgan fingerprint density at radius 2 is 1.52 bits per heavy atom. The smallest absolute Gasteiger partial charge is 0.307 e. The highest BCUT2D eigenvalue weighted by atomic mass is 32.2. The molecule has 2 amide bonds. The van der Waals surface area contributed by atoms with Gasteiger partial charge in [0.05, 0.1) is 0 Å². The van der Waals surface area contributed by atoms with E-state index in [-0.39, 0.29) is 29.7 Å². The van der Waals surface area contributed by atoms with Crippen LogP contribution >= 0.6 is 0 Å². The minimum Gasteiger partial charge on any atom is -0.307 e. The molecular weight excluding hydrogens is 395 g/mol. The lowest BCUT2D eigenvalue weighted by molar-refractivity contribution is 0.104. The van der Waals surface area contributed by atoms with Gasteiger partial charge in [0.15, 0.2) is 0 Å². The van der Waals surface area contributed by atoms with E-state index in [0.717, 1.165) is 0 Å². The molecule has 0 spiro atoms. The summed E-state index contributed by atoms with van der Waals surface area (Å²) in [6.45, 7) is 12.1. The third-order valence-electron chi connectivity index (χ3n) is 5.53. The Morgan fingerprint density at radius 3 is 1.93 bits per heavy atom. The van der Waals surface area contributed by atoms with Crippen LogP contribution in [0.15, 0.2) is 12.1 Å². The number of amides is 2. The van der Waals surface area contributed by atoms with Crippen LogP contribution in [-0.2, 0) is 10.2 Å². The van der Waals surface area contributed by atoms with Gasteiger partial charge in [-0.1, -0.05) is 27.7 Å². The standard InChI is InChI=1S/C20H33FN4O3S/c1-12(2)17-8-16(21)9-18(13(3)4)19(17)22-20(26)23-29(27,28)25-10-14(5)24(7)15(6)11-25/h8-9,12-15H,10-11H2,1-7H3,(H2,22,23,26). The van der Waals surface area contributed by atoms with Crippen LogP contribution < -0.4 is 10.0 Å². The van der Waals surface area contributed by atoms with E-state index in [1.54, 1.807) is 0 Å². The second kappa shape index (κ2) is 8.97. The first-order valence-corrected chi connectivity index (χ1v) is 11.4. The molecular formula is C20H33FN4O3S. The molecule has 1 aromatic rings. The third-order valence-corrected chi connectivity index (χ3v) is 6.96. The summed E-state index contributed by atoms with van der Waals surface area (Å²) in [5, 5.41) is 2.66.